The molecule has 0 amide bonds. The highest BCUT2D eigenvalue weighted by Gasteiger charge is 2.13. The first kappa shape index (κ1) is 21.2. The zero-order valence-electron chi connectivity index (χ0n) is 12.8. The predicted molar refractivity (Wildman–Crippen MR) is 91.8 cm³/mol. The average molecular weight is 406 g/mol. The number of hydrogen-bond donors (Lipinski definition) is 0. The SMILES string of the molecule is CCN(CCCN=C(N(C)C)N(C)C)S(C)(=O)=O.I. The third-order valence-corrected chi connectivity index (χ3v) is 3.82. The molecule has 0 aliphatic heterocycles. The summed E-state index contributed by atoms with van der Waals surface area (Å²) in [7, 11) is 4.67. The van der Waals surface area contributed by atoms with E-state index in [1.807, 2.05) is 44.9 Å². The van der Waals surface area contributed by atoms with E-state index in [4.69, 9.17) is 0 Å². The Bertz CT molecular complexity index is 359. The molecule has 116 valence electrons. The molecule has 0 aliphatic rings. The zero-order chi connectivity index (χ0) is 14.3. The Balaban J connectivity index is 0. The van der Waals surface area contributed by atoms with Crippen molar-refractivity contribution in [3.05, 3.63) is 0 Å². The highest BCUT2D eigenvalue weighted by Crippen LogP contribution is 1.99. The largest absolute Gasteiger partial charge is 0.349 e. The van der Waals surface area contributed by atoms with Crippen LogP contribution >= 0.6 is 24.0 Å². The predicted octanol–water partition coefficient (Wildman–Crippen LogP) is 0.755. The first-order valence-corrected chi connectivity index (χ1v) is 7.89. The van der Waals surface area contributed by atoms with Gasteiger partial charge >= 0.3 is 0 Å². The molecule has 0 spiro atoms. The number of rotatable bonds is 6. The van der Waals surface area contributed by atoms with E-state index in [0.29, 0.717) is 19.6 Å². The Hall–Kier alpha value is -0.0900. The van der Waals surface area contributed by atoms with Crippen LogP contribution in [-0.2, 0) is 10.0 Å². The summed E-state index contributed by atoms with van der Waals surface area (Å²) in [5, 5.41) is 0. The van der Waals surface area contributed by atoms with Crippen molar-refractivity contribution in [2.24, 2.45) is 4.99 Å². The minimum Gasteiger partial charge on any atom is -0.349 e. The molecule has 8 heteroatoms. The number of halogens is 1. The molecular formula is C11H27IN4O2S. The van der Waals surface area contributed by atoms with Gasteiger partial charge in [-0.1, -0.05) is 6.92 Å². The van der Waals surface area contributed by atoms with Gasteiger partial charge in [-0.05, 0) is 6.42 Å². The second-order valence-corrected chi connectivity index (χ2v) is 6.56. The third kappa shape index (κ3) is 8.64. The molecule has 6 nitrogen and oxygen atoms in total. The summed E-state index contributed by atoms with van der Waals surface area (Å²) in [6, 6.07) is 0. The molecule has 0 aliphatic carbocycles. The van der Waals surface area contributed by atoms with Gasteiger partial charge < -0.3 is 9.80 Å². The molecule has 0 atom stereocenters. The van der Waals surface area contributed by atoms with E-state index >= 15 is 0 Å². The molecule has 0 saturated heterocycles. The molecule has 0 fully saturated rings. The van der Waals surface area contributed by atoms with Crippen molar-refractivity contribution in [1.82, 2.24) is 14.1 Å². The highest BCUT2D eigenvalue weighted by molar-refractivity contribution is 14.0. The Labute approximate surface area is 134 Å². The van der Waals surface area contributed by atoms with Crippen LogP contribution in [0.3, 0.4) is 0 Å². The highest BCUT2D eigenvalue weighted by atomic mass is 127. The summed E-state index contributed by atoms with van der Waals surface area (Å²) in [6.45, 7) is 3.50. The van der Waals surface area contributed by atoms with Crippen molar-refractivity contribution < 1.29 is 8.42 Å². The van der Waals surface area contributed by atoms with Crippen LogP contribution < -0.4 is 0 Å². The molecule has 0 radical (unpaired) electrons. The normalized spacial score (nSPS) is 10.9. The van der Waals surface area contributed by atoms with Crippen LogP contribution in [0.2, 0.25) is 0 Å². The van der Waals surface area contributed by atoms with Crippen LogP contribution in [0.5, 0.6) is 0 Å². The van der Waals surface area contributed by atoms with E-state index in [0.717, 1.165) is 12.4 Å². The lowest BCUT2D eigenvalue weighted by molar-refractivity contribution is 0.424. The molecule has 0 N–H and O–H groups in total. The Morgan fingerprint density at radius 3 is 1.89 bits per heavy atom. The van der Waals surface area contributed by atoms with E-state index in [9.17, 15) is 8.42 Å². The van der Waals surface area contributed by atoms with Gasteiger partial charge in [0.25, 0.3) is 0 Å². The van der Waals surface area contributed by atoms with Crippen molar-refractivity contribution in [3.63, 3.8) is 0 Å². The van der Waals surface area contributed by atoms with Crippen LogP contribution in [0.1, 0.15) is 13.3 Å². The second-order valence-electron chi connectivity index (χ2n) is 4.58. The first-order valence-electron chi connectivity index (χ1n) is 6.04. The molecule has 0 rings (SSSR count). The second kappa shape index (κ2) is 9.76. The van der Waals surface area contributed by atoms with Crippen LogP contribution in [0.15, 0.2) is 4.99 Å². The average Bonchev–Trinajstić information content (AvgIpc) is 2.20. The Morgan fingerprint density at radius 2 is 1.58 bits per heavy atom. The maximum Gasteiger partial charge on any atom is 0.211 e. The topological polar surface area (TPSA) is 56.2 Å². The number of hydrogen-bond acceptors (Lipinski definition) is 3. The van der Waals surface area contributed by atoms with Gasteiger partial charge in [0.05, 0.1) is 6.26 Å². The van der Waals surface area contributed by atoms with Gasteiger partial charge in [-0.25, -0.2) is 12.7 Å². The molecule has 0 aromatic carbocycles. The monoisotopic (exact) mass is 406 g/mol. The van der Waals surface area contributed by atoms with Crippen LogP contribution in [0, 0.1) is 0 Å². The smallest absolute Gasteiger partial charge is 0.211 e. The van der Waals surface area contributed by atoms with Crippen molar-refractivity contribution in [3.8, 4) is 0 Å². The van der Waals surface area contributed by atoms with Gasteiger partial charge in [0.15, 0.2) is 5.96 Å². The summed E-state index contributed by atoms with van der Waals surface area (Å²) in [4.78, 5) is 8.34. The van der Waals surface area contributed by atoms with Crippen molar-refractivity contribution in [2.75, 3.05) is 54.1 Å². The van der Waals surface area contributed by atoms with Gasteiger partial charge in [-0.15, -0.1) is 24.0 Å². The van der Waals surface area contributed by atoms with E-state index < -0.39 is 10.0 Å². The van der Waals surface area contributed by atoms with E-state index in [1.54, 1.807) is 0 Å². The van der Waals surface area contributed by atoms with Crippen molar-refractivity contribution in [2.45, 2.75) is 13.3 Å². The zero-order valence-corrected chi connectivity index (χ0v) is 15.9. The number of nitrogens with zero attached hydrogens (tertiary/aromatic N) is 4. The quantitative estimate of drug-likeness (QED) is 0.283. The van der Waals surface area contributed by atoms with Gasteiger partial charge in [-0.2, -0.15) is 0 Å². The lowest BCUT2D eigenvalue weighted by Gasteiger charge is -2.23. The lowest BCUT2D eigenvalue weighted by atomic mass is 10.4. The lowest BCUT2D eigenvalue weighted by Crippen LogP contribution is -2.36. The van der Waals surface area contributed by atoms with E-state index in [-0.39, 0.29) is 24.0 Å². The minimum atomic E-state index is -3.08. The molecule has 0 bridgehead atoms. The molecule has 0 aromatic rings. The van der Waals surface area contributed by atoms with E-state index in [1.165, 1.54) is 10.6 Å². The maximum absolute atomic E-state index is 11.4. The van der Waals surface area contributed by atoms with Gasteiger partial charge in [0.1, 0.15) is 0 Å². The Kier molecular flexibility index (Phi) is 10.9. The minimum absolute atomic E-state index is 0. The number of sulfonamides is 1. The summed E-state index contributed by atoms with van der Waals surface area (Å²) in [5.74, 6) is 0.886. The summed E-state index contributed by atoms with van der Waals surface area (Å²) in [5.41, 5.74) is 0. The molecule has 19 heavy (non-hydrogen) atoms. The molecule has 0 aromatic heterocycles. The standard InChI is InChI=1S/C11H26N4O2S.HI/c1-7-15(18(6,16)17)10-8-9-12-11(13(2)3)14(4)5;/h7-10H2,1-6H3;1H. The van der Waals surface area contributed by atoms with Gasteiger partial charge in [-0.3, -0.25) is 4.99 Å². The fourth-order valence-corrected chi connectivity index (χ4v) is 2.60. The first-order chi connectivity index (χ1) is 8.20. The van der Waals surface area contributed by atoms with E-state index in [2.05, 4.69) is 4.99 Å². The van der Waals surface area contributed by atoms with Crippen LogP contribution in [0.4, 0.5) is 0 Å². The molecule has 0 heterocycles. The van der Waals surface area contributed by atoms with Gasteiger partial charge in [0.2, 0.25) is 10.0 Å². The molecule has 0 saturated carbocycles. The van der Waals surface area contributed by atoms with Crippen LogP contribution in [-0.4, -0.2) is 82.6 Å². The molecule has 0 unspecified atom stereocenters. The Morgan fingerprint density at radius 1 is 1.11 bits per heavy atom. The maximum atomic E-state index is 11.4. The third-order valence-electron chi connectivity index (χ3n) is 2.44. The fourth-order valence-electron chi connectivity index (χ4n) is 1.67. The van der Waals surface area contributed by atoms with Gasteiger partial charge in [0, 0.05) is 47.8 Å². The van der Waals surface area contributed by atoms with Crippen molar-refractivity contribution in [1.29, 1.82) is 0 Å². The summed E-state index contributed by atoms with van der Waals surface area (Å²) >= 11 is 0. The van der Waals surface area contributed by atoms with Crippen molar-refractivity contribution >= 4 is 40.0 Å². The fraction of sp³-hybridized carbons (Fsp3) is 0.909. The molecular weight excluding hydrogens is 379 g/mol. The summed E-state index contributed by atoms with van der Waals surface area (Å²) < 4.78 is 24.2. The number of aliphatic imine (C=N–C) groups is 1. The van der Waals surface area contributed by atoms with Crippen LogP contribution in [0.25, 0.3) is 0 Å². The summed E-state index contributed by atoms with van der Waals surface area (Å²) in [6.07, 6.45) is 1.97. The number of guanidine groups is 1.